The van der Waals surface area contributed by atoms with Crippen LogP contribution in [0, 0.1) is 22.6 Å². The maximum Gasteiger partial charge on any atom is 0.267 e. The van der Waals surface area contributed by atoms with E-state index in [2.05, 4.69) is 17.9 Å². The first-order valence-corrected chi connectivity index (χ1v) is 14.6. The molecule has 198 valence electrons. The second-order valence-corrected chi connectivity index (χ2v) is 12.6. The Bertz CT molecular complexity index is 1330. The van der Waals surface area contributed by atoms with Crippen LogP contribution >= 0.6 is 23.2 Å². The van der Waals surface area contributed by atoms with Crippen LogP contribution in [0.25, 0.3) is 0 Å². The van der Waals surface area contributed by atoms with E-state index in [1.807, 2.05) is 12.1 Å². The highest BCUT2D eigenvalue weighted by Gasteiger charge is 2.38. The zero-order valence-electron chi connectivity index (χ0n) is 20.6. The molecule has 2 aliphatic rings. The lowest BCUT2D eigenvalue weighted by Crippen LogP contribution is -2.43. The van der Waals surface area contributed by atoms with Crippen molar-refractivity contribution in [3.63, 3.8) is 0 Å². The lowest BCUT2D eigenvalue weighted by Gasteiger charge is -2.40. The number of halogens is 3. The number of amides is 1. The zero-order valence-corrected chi connectivity index (χ0v) is 22.9. The van der Waals surface area contributed by atoms with Gasteiger partial charge < -0.3 is 4.74 Å². The normalized spacial score (nSPS) is 18.6. The summed E-state index contributed by atoms with van der Waals surface area (Å²) in [5.41, 5.74) is 0.559. The van der Waals surface area contributed by atoms with Gasteiger partial charge in [-0.15, -0.1) is 0 Å². The average molecular weight is 568 g/mol. The topological polar surface area (TPSA) is 99.5 Å². The Kier molecular flexibility index (Phi) is 8.05. The number of benzene rings is 2. The van der Waals surface area contributed by atoms with Crippen LogP contribution in [0.4, 0.5) is 4.39 Å². The molecule has 1 amide bonds. The van der Waals surface area contributed by atoms with E-state index < -0.39 is 27.2 Å². The van der Waals surface area contributed by atoms with E-state index in [1.54, 1.807) is 10.8 Å². The highest BCUT2D eigenvalue weighted by atomic mass is 35.5. The SMILES string of the molecule is C[C@H](c1cc(Cl)cc(Cl)c1)N1CCC(C#N)(COc2cc(F)c(C(=O)NS(C)(=O)=O)cc2C2CC2)CC1. The van der Waals surface area contributed by atoms with Gasteiger partial charge >= 0.3 is 0 Å². The van der Waals surface area contributed by atoms with Crippen molar-refractivity contribution in [1.82, 2.24) is 9.62 Å². The first kappa shape index (κ1) is 27.6. The van der Waals surface area contributed by atoms with Crippen molar-refractivity contribution in [3.8, 4) is 11.8 Å². The van der Waals surface area contributed by atoms with Crippen molar-refractivity contribution in [2.45, 2.75) is 44.6 Å². The number of ether oxygens (including phenoxy) is 1. The van der Waals surface area contributed by atoms with Crippen LogP contribution < -0.4 is 9.46 Å². The highest BCUT2D eigenvalue weighted by Crippen LogP contribution is 2.46. The quantitative estimate of drug-likeness (QED) is 0.455. The molecular formula is C26H28Cl2FN3O4S. The van der Waals surface area contributed by atoms with E-state index in [0.717, 1.165) is 30.7 Å². The molecule has 1 heterocycles. The van der Waals surface area contributed by atoms with Crippen molar-refractivity contribution in [2.75, 3.05) is 26.0 Å². The van der Waals surface area contributed by atoms with Gasteiger partial charge in [0.25, 0.3) is 5.91 Å². The maximum atomic E-state index is 14.8. The fourth-order valence-electron chi connectivity index (χ4n) is 4.68. The summed E-state index contributed by atoms with van der Waals surface area (Å²) in [5.74, 6) is -1.51. The molecule has 0 unspecified atom stereocenters. The minimum absolute atomic E-state index is 0.0648. The van der Waals surface area contributed by atoms with Crippen LogP contribution in [-0.4, -0.2) is 45.2 Å². The molecule has 37 heavy (non-hydrogen) atoms. The molecule has 1 saturated carbocycles. The Morgan fingerprint density at radius 1 is 1.22 bits per heavy atom. The number of piperidine rings is 1. The third kappa shape index (κ3) is 6.74. The summed E-state index contributed by atoms with van der Waals surface area (Å²) >= 11 is 12.3. The molecular weight excluding hydrogens is 540 g/mol. The van der Waals surface area contributed by atoms with Crippen LogP contribution in [0.2, 0.25) is 10.0 Å². The summed E-state index contributed by atoms with van der Waals surface area (Å²) in [6.07, 6.45) is 3.69. The fraction of sp³-hybridized carbons (Fsp3) is 0.462. The van der Waals surface area contributed by atoms with Gasteiger partial charge in [0.05, 0.1) is 23.3 Å². The van der Waals surface area contributed by atoms with Gasteiger partial charge in [0, 0.05) is 35.2 Å². The molecule has 2 fully saturated rings. The zero-order chi connectivity index (χ0) is 27.0. The van der Waals surface area contributed by atoms with Crippen molar-refractivity contribution in [2.24, 2.45) is 5.41 Å². The molecule has 1 aliphatic carbocycles. The Morgan fingerprint density at radius 2 is 1.84 bits per heavy atom. The van der Waals surface area contributed by atoms with Crippen molar-refractivity contribution in [1.29, 1.82) is 5.26 Å². The minimum Gasteiger partial charge on any atom is -0.492 e. The first-order chi connectivity index (χ1) is 17.4. The number of likely N-dealkylation sites (tertiary alicyclic amines) is 1. The third-order valence-electron chi connectivity index (χ3n) is 7.05. The van der Waals surface area contributed by atoms with Crippen LogP contribution in [0.3, 0.4) is 0 Å². The second-order valence-electron chi connectivity index (χ2n) is 9.94. The van der Waals surface area contributed by atoms with Crippen molar-refractivity contribution < 1.29 is 22.3 Å². The summed E-state index contributed by atoms with van der Waals surface area (Å²) in [5, 5.41) is 11.2. The number of nitrogens with zero attached hydrogens (tertiary/aromatic N) is 2. The molecule has 1 atom stereocenters. The molecule has 2 aromatic rings. The van der Waals surface area contributed by atoms with Crippen molar-refractivity contribution >= 4 is 39.1 Å². The summed E-state index contributed by atoms with van der Waals surface area (Å²) in [4.78, 5) is 14.5. The Morgan fingerprint density at radius 3 is 2.38 bits per heavy atom. The van der Waals surface area contributed by atoms with Gasteiger partial charge in [0.15, 0.2) is 0 Å². The van der Waals surface area contributed by atoms with Gasteiger partial charge in [-0.05, 0) is 73.9 Å². The standard InChI is InChI=1S/C26H28Cl2FN3O4S/c1-16(18-9-19(27)11-20(28)10-18)32-7-5-26(14-30,6-8-32)15-36-24-13-23(29)22(12-21(24)17-3-4-17)25(33)31-37(2,34)35/h9-13,16-17H,3-8,15H2,1-2H3,(H,31,33)/t16-/m1/s1. The Hall–Kier alpha value is -2.38. The molecule has 0 bridgehead atoms. The summed E-state index contributed by atoms with van der Waals surface area (Å²) in [6.45, 7) is 3.49. The molecule has 0 radical (unpaired) electrons. The van der Waals surface area contributed by atoms with Gasteiger partial charge in [0.2, 0.25) is 10.0 Å². The molecule has 4 rings (SSSR count). The van der Waals surface area contributed by atoms with E-state index in [9.17, 15) is 22.9 Å². The third-order valence-corrected chi connectivity index (χ3v) is 8.04. The van der Waals surface area contributed by atoms with E-state index in [1.165, 1.54) is 6.07 Å². The number of nitrogens with one attached hydrogen (secondary N) is 1. The van der Waals surface area contributed by atoms with Gasteiger partial charge in [-0.25, -0.2) is 17.5 Å². The number of rotatable bonds is 8. The van der Waals surface area contributed by atoms with E-state index >= 15 is 0 Å². The molecule has 2 aromatic carbocycles. The van der Waals surface area contributed by atoms with Gasteiger partial charge in [-0.2, -0.15) is 5.26 Å². The Balaban J connectivity index is 1.46. The molecule has 0 spiro atoms. The second kappa shape index (κ2) is 10.8. The summed E-state index contributed by atoms with van der Waals surface area (Å²) < 4.78 is 45.5. The molecule has 1 aliphatic heterocycles. The van der Waals surface area contributed by atoms with Gasteiger partial charge in [0.1, 0.15) is 18.2 Å². The summed E-state index contributed by atoms with van der Waals surface area (Å²) in [7, 11) is -3.84. The van der Waals surface area contributed by atoms with Crippen LogP contribution in [0.15, 0.2) is 30.3 Å². The van der Waals surface area contributed by atoms with E-state index in [0.29, 0.717) is 41.5 Å². The molecule has 1 saturated heterocycles. The molecule has 11 heteroatoms. The highest BCUT2D eigenvalue weighted by molar-refractivity contribution is 7.89. The number of carbonyl (C=O) groups is 1. The number of hydrogen-bond donors (Lipinski definition) is 1. The van der Waals surface area contributed by atoms with Crippen LogP contribution in [-0.2, 0) is 10.0 Å². The van der Waals surface area contributed by atoms with Crippen LogP contribution in [0.5, 0.6) is 5.75 Å². The maximum absolute atomic E-state index is 14.8. The lowest BCUT2D eigenvalue weighted by atomic mass is 9.80. The lowest BCUT2D eigenvalue weighted by molar-refractivity contribution is 0.0745. The monoisotopic (exact) mass is 567 g/mol. The van der Waals surface area contributed by atoms with Crippen LogP contribution in [0.1, 0.15) is 66.1 Å². The first-order valence-electron chi connectivity index (χ1n) is 12.0. The Labute approximate surface area is 226 Å². The average Bonchev–Trinajstić information content (AvgIpc) is 3.66. The van der Waals surface area contributed by atoms with E-state index in [-0.39, 0.29) is 29.9 Å². The summed E-state index contributed by atoms with van der Waals surface area (Å²) in [6, 6.07) is 10.4. The predicted octanol–water partition coefficient (Wildman–Crippen LogP) is 5.45. The van der Waals surface area contributed by atoms with Crippen molar-refractivity contribution in [3.05, 3.63) is 62.9 Å². The number of carbonyl (C=O) groups excluding carboxylic acids is 1. The minimum atomic E-state index is -3.84. The molecule has 1 N–H and O–H groups in total. The number of hydrogen-bond acceptors (Lipinski definition) is 6. The largest absolute Gasteiger partial charge is 0.492 e. The molecule has 0 aromatic heterocycles. The van der Waals surface area contributed by atoms with Gasteiger partial charge in [-0.1, -0.05) is 23.2 Å². The van der Waals surface area contributed by atoms with Gasteiger partial charge in [-0.3, -0.25) is 9.69 Å². The van der Waals surface area contributed by atoms with E-state index in [4.69, 9.17) is 27.9 Å². The predicted molar refractivity (Wildman–Crippen MR) is 140 cm³/mol. The number of sulfonamides is 1. The molecule has 7 nitrogen and oxygen atoms in total. The number of nitriles is 1. The smallest absolute Gasteiger partial charge is 0.267 e. The fourth-order valence-corrected chi connectivity index (χ4v) is 5.67.